The minimum absolute atomic E-state index is 0.00478. The molecule has 1 aliphatic carbocycles. The molecule has 0 bridgehead atoms. The first kappa shape index (κ1) is 23.4. The van der Waals surface area contributed by atoms with Crippen molar-refractivity contribution in [1.82, 2.24) is 10.2 Å². The Hall–Kier alpha value is -2.37. The SMILES string of the molecule is C[C@@H]1CCCCN1Cc1ccc2c(c1)CC[C@H](NC(=O)c1ccc(OC[C@@H]3CCCO3)cc1)C2. The third-order valence-corrected chi connectivity index (χ3v) is 7.74. The minimum atomic E-state index is -0.00478. The van der Waals surface area contributed by atoms with Gasteiger partial charge in [-0.3, -0.25) is 9.69 Å². The number of aryl methyl sites for hydroxylation is 1. The Morgan fingerprint density at radius 2 is 1.94 bits per heavy atom. The first-order chi connectivity index (χ1) is 16.6. The highest BCUT2D eigenvalue weighted by Crippen LogP contribution is 2.26. The second kappa shape index (κ2) is 10.9. The molecule has 0 unspecified atom stereocenters. The van der Waals surface area contributed by atoms with E-state index in [0.29, 0.717) is 18.2 Å². The molecule has 0 spiro atoms. The number of amides is 1. The molecule has 182 valence electrons. The van der Waals surface area contributed by atoms with E-state index in [1.807, 2.05) is 24.3 Å². The van der Waals surface area contributed by atoms with Crippen molar-refractivity contribution in [2.75, 3.05) is 19.8 Å². The lowest BCUT2D eigenvalue weighted by molar-refractivity contribution is 0.0679. The summed E-state index contributed by atoms with van der Waals surface area (Å²) in [7, 11) is 0. The minimum Gasteiger partial charge on any atom is -0.491 e. The molecule has 34 heavy (non-hydrogen) atoms. The first-order valence-corrected chi connectivity index (χ1v) is 13.1. The number of ether oxygens (including phenoxy) is 2. The molecular formula is C29H38N2O3. The van der Waals surface area contributed by atoms with Crippen LogP contribution in [0, 0.1) is 0 Å². The van der Waals surface area contributed by atoms with Gasteiger partial charge in [0.1, 0.15) is 12.4 Å². The number of nitrogens with one attached hydrogen (secondary N) is 1. The molecule has 2 fully saturated rings. The highest BCUT2D eigenvalue weighted by atomic mass is 16.5. The number of nitrogens with zero attached hydrogens (tertiary/aromatic N) is 1. The second-order valence-corrected chi connectivity index (χ2v) is 10.3. The van der Waals surface area contributed by atoms with Crippen LogP contribution >= 0.6 is 0 Å². The van der Waals surface area contributed by atoms with Crippen molar-refractivity contribution >= 4 is 5.91 Å². The molecule has 2 aliphatic heterocycles. The molecule has 2 aromatic rings. The highest BCUT2D eigenvalue weighted by molar-refractivity contribution is 5.94. The van der Waals surface area contributed by atoms with Gasteiger partial charge in [-0.2, -0.15) is 0 Å². The molecule has 5 rings (SSSR count). The van der Waals surface area contributed by atoms with Gasteiger partial charge < -0.3 is 14.8 Å². The van der Waals surface area contributed by atoms with Crippen molar-refractivity contribution in [2.24, 2.45) is 0 Å². The van der Waals surface area contributed by atoms with Gasteiger partial charge in [-0.1, -0.05) is 24.6 Å². The molecule has 2 heterocycles. The van der Waals surface area contributed by atoms with Crippen LogP contribution in [0.5, 0.6) is 5.75 Å². The number of piperidine rings is 1. The molecule has 5 heteroatoms. The molecule has 0 saturated carbocycles. The molecule has 1 N–H and O–H groups in total. The summed E-state index contributed by atoms with van der Waals surface area (Å²) in [5.74, 6) is 0.781. The van der Waals surface area contributed by atoms with Gasteiger partial charge in [-0.05, 0) is 99.4 Å². The van der Waals surface area contributed by atoms with Crippen LogP contribution < -0.4 is 10.1 Å². The summed E-state index contributed by atoms with van der Waals surface area (Å²) in [6.45, 7) is 6.04. The Morgan fingerprint density at radius 1 is 1.06 bits per heavy atom. The zero-order chi connectivity index (χ0) is 23.3. The molecule has 2 aromatic carbocycles. The van der Waals surface area contributed by atoms with E-state index in [1.165, 1.54) is 42.5 Å². The van der Waals surface area contributed by atoms with Crippen molar-refractivity contribution in [2.45, 2.75) is 83.0 Å². The summed E-state index contributed by atoms with van der Waals surface area (Å²) in [4.78, 5) is 15.5. The number of hydrogen-bond donors (Lipinski definition) is 1. The largest absolute Gasteiger partial charge is 0.491 e. The summed E-state index contributed by atoms with van der Waals surface area (Å²) in [5, 5.41) is 3.25. The van der Waals surface area contributed by atoms with Gasteiger partial charge in [0.25, 0.3) is 5.91 Å². The lowest BCUT2D eigenvalue weighted by Crippen LogP contribution is -2.39. The van der Waals surface area contributed by atoms with Crippen molar-refractivity contribution < 1.29 is 14.3 Å². The monoisotopic (exact) mass is 462 g/mol. The third kappa shape index (κ3) is 5.81. The Bertz CT molecular complexity index is 968. The zero-order valence-electron chi connectivity index (χ0n) is 20.4. The maximum Gasteiger partial charge on any atom is 0.251 e. The summed E-state index contributed by atoms with van der Waals surface area (Å²) in [5.41, 5.74) is 4.95. The topological polar surface area (TPSA) is 50.8 Å². The summed E-state index contributed by atoms with van der Waals surface area (Å²) >= 11 is 0. The van der Waals surface area contributed by atoms with Crippen LogP contribution in [0.2, 0.25) is 0 Å². The van der Waals surface area contributed by atoms with Gasteiger partial charge in [-0.15, -0.1) is 0 Å². The van der Waals surface area contributed by atoms with Gasteiger partial charge in [0.2, 0.25) is 0 Å². The van der Waals surface area contributed by atoms with Crippen LogP contribution in [-0.4, -0.2) is 48.8 Å². The van der Waals surface area contributed by atoms with Gasteiger partial charge in [0, 0.05) is 30.8 Å². The number of rotatable bonds is 7. The number of benzene rings is 2. The maximum atomic E-state index is 12.8. The van der Waals surface area contributed by atoms with Crippen molar-refractivity contribution in [1.29, 1.82) is 0 Å². The number of likely N-dealkylation sites (tertiary alicyclic amines) is 1. The zero-order valence-corrected chi connectivity index (χ0v) is 20.4. The Balaban J connectivity index is 1.12. The smallest absolute Gasteiger partial charge is 0.251 e. The molecule has 1 amide bonds. The van der Waals surface area contributed by atoms with Crippen LogP contribution in [0.3, 0.4) is 0 Å². The van der Waals surface area contributed by atoms with Crippen LogP contribution in [0.4, 0.5) is 0 Å². The van der Waals surface area contributed by atoms with Gasteiger partial charge in [0.05, 0.1) is 6.10 Å². The lowest BCUT2D eigenvalue weighted by Gasteiger charge is -2.33. The molecule has 0 aromatic heterocycles. The fourth-order valence-electron chi connectivity index (χ4n) is 5.59. The summed E-state index contributed by atoms with van der Waals surface area (Å²) in [6.07, 6.45) is 9.29. The van der Waals surface area contributed by atoms with E-state index in [9.17, 15) is 4.79 Å². The van der Waals surface area contributed by atoms with Crippen LogP contribution in [0.25, 0.3) is 0 Å². The molecule has 5 nitrogen and oxygen atoms in total. The third-order valence-electron chi connectivity index (χ3n) is 7.74. The Labute approximate surface area is 203 Å². The summed E-state index contributed by atoms with van der Waals surface area (Å²) < 4.78 is 11.4. The maximum absolute atomic E-state index is 12.8. The Morgan fingerprint density at radius 3 is 2.74 bits per heavy atom. The fraction of sp³-hybridized carbons (Fsp3) is 0.552. The molecule has 0 radical (unpaired) electrons. The van der Waals surface area contributed by atoms with Gasteiger partial charge in [-0.25, -0.2) is 0 Å². The predicted octanol–water partition coefficient (Wildman–Crippen LogP) is 4.91. The van der Waals surface area contributed by atoms with Crippen LogP contribution in [0.15, 0.2) is 42.5 Å². The molecule has 3 atom stereocenters. The van der Waals surface area contributed by atoms with Crippen LogP contribution in [0.1, 0.15) is 72.5 Å². The standard InChI is InChI=1S/C29H38N2O3/c1-21-5-2-3-15-31(21)19-22-7-8-25-18-26(12-9-24(25)17-22)30-29(32)23-10-13-27(14-11-23)34-20-28-6-4-16-33-28/h7-8,10-11,13-14,17,21,26,28H,2-6,9,12,15-16,18-20H2,1H3,(H,30,32)/t21-,26+,28+/m1/s1. The van der Waals surface area contributed by atoms with E-state index >= 15 is 0 Å². The Kier molecular flexibility index (Phi) is 7.51. The average molecular weight is 463 g/mol. The number of hydrogen-bond acceptors (Lipinski definition) is 4. The van der Waals surface area contributed by atoms with Crippen LogP contribution in [-0.2, 0) is 24.1 Å². The fourth-order valence-corrected chi connectivity index (χ4v) is 5.59. The van der Waals surface area contributed by atoms with Gasteiger partial charge >= 0.3 is 0 Å². The van der Waals surface area contributed by atoms with Crippen molar-refractivity contribution in [3.05, 3.63) is 64.7 Å². The first-order valence-electron chi connectivity index (χ1n) is 13.1. The number of carbonyl (C=O) groups excluding carboxylic acids is 1. The molecule has 2 saturated heterocycles. The molecule has 3 aliphatic rings. The number of carbonyl (C=O) groups is 1. The molecular weight excluding hydrogens is 424 g/mol. The van der Waals surface area contributed by atoms with E-state index in [0.717, 1.165) is 51.0 Å². The van der Waals surface area contributed by atoms with Crippen molar-refractivity contribution in [3.63, 3.8) is 0 Å². The normalized spacial score (nSPS) is 25.0. The van der Waals surface area contributed by atoms with E-state index in [-0.39, 0.29) is 18.1 Å². The van der Waals surface area contributed by atoms with Gasteiger partial charge in [0.15, 0.2) is 0 Å². The van der Waals surface area contributed by atoms with E-state index in [2.05, 4.69) is 35.3 Å². The highest BCUT2D eigenvalue weighted by Gasteiger charge is 2.23. The summed E-state index contributed by atoms with van der Waals surface area (Å²) in [6, 6.07) is 15.3. The predicted molar refractivity (Wildman–Crippen MR) is 134 cm³/mol. The quantitative estimate of drug-likeness (QED) is 0.636. The number of fused-ring (bicyclic) bond motifs is 1. The van der Waals surface area contributed by atoms with E-state index in [4.69, 9.17) is 9.47 Å². The van der Waals surface area contributed by atoms with Crippen molar-refractivity contribution in [3.8, 4) is 5.75 Å². The van der Waals surface area contributed by atoms with E-state index in [1.54, 1.807) is 0 Å². The second-order valence-electron chi connectivity index (χ2n) is 10.3. The van der Waals surface area contributed by atoms with E-state index < -0.39 is 0 Å². The average Bonchev–Trinajstić information content (AvgIpc) is 3.38. The lowest BCUT2D eigenvalue weighted by atomic mass is 9.87.